The zero-order chi connectivity index (χ0) is 14.2. The molecule has 1 amide bonds. The van der Waals surface area contributed by atoms with Crippen molar-refractivity contribution in [3.63, 3.8) is 0 Å². The van der Waals surface area contributed by atoms with E-state index in [4.69, 9.17) is 11.6 Å². The van der Waals surface area contributed by atoms with Crippen molar-refractivity contribution in [1.29, 1.82) is 0 Å². The molecule has 2 rings (SSSR count). The lowest BCUT2D eigenvalue weighted by atomic mass is 10.3. The third kappa shape index (κ3) is 2.96. The van der Waals surface area contributed by atoms with Gasteiger partial charge in [0.2, 0.25) is 0 Å². The maximum atomic E-state index is 13.6. The Morgan fingerprint density at radius 1 is 1.32 bits per heavy atom. The quantitative estimate of drug-likeness (QED) is 0.818. The number of rotatable bonds is 2. The molecule has 1 aromatic carbocycles. The van der Waals surface area contributed by atoms with Crippen molar-refractivity contribution in [2.75, 3.05) is 5.32 Å². The molecule has 1 aromatic heterocycles. The number of nitrogens with one attached hydrogen (secondary N) is 1. The molecule has 0 aliphatic rings. The molecule has 0 fully saturated rings. The molecule has 19 heavy (non-hydrogen) atoms. The van der Waals surface area contributed by atoms with E-state index in [-0.39, 0.29) is 15.9 Å². The third-order valence-corrected chi connectivity index (χ3v) is 3.28. The molecule has 0 spiro atoms. The van der Waals surface area contributed by atoms with Crippen LogP contribution >= 0.6 is 27.5 Å². The number of nitrogens with zero attached hydrogens (tertiary/aromatic N) is 1. The van der Waals surface area contributed by atoms with Gasteiger partial charge in [0.25, 0.3) is 5.91 Å². The first-order valence-corrected chi connectivity index (χ1v) is 6.33. The van der Waals surface area contributed by atoms with Crippen LogP contribution in [0.5, 0.6) is 0 Å². The minimum absolute atomic E-state index is 0.00934. The number of carbonyl (C=O) groups is 1. The van der Waals surface area contributed by atoms with Crippen LogP contribution in [0.2, 0.25) is 5.02 Å². The number of anilines is 1. The van der Waals surface area contributed by atoms with Gasteiger partial charge in [-0.3, -0.25) is 4.79 Å². The monoisotopic (exact) mass is 348 g/mol. The number of aryl methyl sites for hydroxylation is 1. The molecule has 7 heteroatoms. The molecule has 3 nitrogen and oxygen atoms in total. The van der Waals surface area contributed by atoms with Gasteiger partial charge in [-0.25, -0.2) is 8.78 Å². The lowest BCUT2D eigenvalue weighted by molar-refractivity contribution is 0.101. The molecular weight excluding hydrogens is 341 g/mol. The van der Waals surface area contributed by atoms with E-state index < -0.39 is 17.5 Å². The highest BCUT2D eigenvalue weighted by molar-refractivity contribution is 9.10. The van der Waals surface area contributed by atoms with Gasteiger partial charge in [-0.2, -0.15) is 0 Å². The van der Waals surface area contributed by atoms with Gasteiger partial charge < -0.3 is 9.88 Å². The molecular formula is C12H8BrClF2N2O. The normalized spacial score (nSPS) is 10.6. The number of amides is 1. The highest BCUT2D eigenvalue weighted by Crippen LogP contribution is 2.24. The van der Waals surface area contributed by atoms with Gasteiger partial charge in [0, 0.05) is 19.3 Å². The molecule has 0 aliphatic heterocycles. The maximum Gasteiger partial charge on any atom is 0.272 e. The van der Waals surface area contributed by atoms with Gasteiger partial charge >= 0.3 is 0 Å². The van der Waals surface area contributed by atoms with Crippen LogP contribution in [0.4, 0.5) is 14.5 Å². The average molecular weight is 350 g/mol. The van der Waals surface area contributed by atoms with Gasteiger partial charge in [0.05, 0.1) is 15.2 Å². The highest BCUT2D eigenvalue weighted by atomic mass is 79.9. The van der Waals surface area contributed by atoms with E-state index >= 15 is 0 Å². The Bertz CT molecular complexity index is 657. The molecule has 0 unspecified atom stereocenters. The van der Waals surface area contributed by atoms with E-state index in [0.29, 0.717) is 5.02 Å². The fourth-order valence-electron chi connectivity index (χ4n) is 1.55. The van der Waals surface area contributed by atoms with Crippen LogP contribution in [-0.2, 0) is 7.05 Å². The van der Waals surface area contributed by atoms with Gasteiger partial charge in [-0.15, -0.1) is 0 Å². The van der Waals surface area contributed by atoms with Crippen LogP contribution in [0.1, 0.15) is 10.5 Å². The maximum absolute atomic E-state index is 13.6. The number of carbonyl (C=O) groups excluding carboxylic acids is 1. The van der Waals surface area contributed by atoms with E-state index in [1.807, 2.05) is 0 Å². The first kappa shape index (κ1) is 14.0. The first-order valence-electron chi connectivity index (χ1n) is 5.16. The summed E-state index contributed by atoms with van der Waals surface area (Å²) < 4.78 is 28.4. The second-order valence-electron chi connectivity index (χ2n) is 3.85. The zero-order valence-corrected chi connectivity index (χ0v) is 12.0. The number of aromatic nitrogens is 1. The summed E-state index contributed by atoms with van der Waals surface area (Å²) in [6.45, 7) is 0. The van der Waals surface area contributed by atoms with Crippen LogP contribution in [0.15, 0.2) is 28.9 Å². The summed E-state index contributed by atoms with van der Waals surface area (Å²) in [7, 11) is 1.62. The topological polar surface area (TPSA) is 34.0 Å². The van der Waals surface area contributed by atoms with Crippen molar-refractivity contribution < 1.29 is 13.6 Å². The highest BCUT2D eigenvalue weighted by Gasteiger charge is 2.15. The fraction of sp³-hybridized carbons (Fsp3) is 0.0833. The van der Waals surface area contributed by atoms with Crippen LogP contribution in [0.3, 0.4) is 0 Å². The Kier molecular flexibility index (Phi) is 3.91. The van der Waals surface area contributed by atoms with Crippen molar-refractivity contribution in [2.45, 2.75) is 0 Å². The van der Waals surface area contributed by atoms with Crippen molar-refractivity contribution >= 4 is 39.1 Å². The Morgan fingerprint density at radius 2 is 2.00 bits per heavy atom. The molecule has 100 valence electrons. The predicted molar refractivity (Wildman–Crippen MR) is 72.4 cm³/mol. The second kappa shape index (κ2) is 5.30. The van der Waals surface area contributed by atoms with E-state index in [9.17, 15) is 13.6 Å². The van der Waals surface area contributed by atoms with Crippen LogP contribution in [0.25, 0.3) is 0 Å². The number of halogens is 4. The zero-order valence-electron chi connectivity index (χ0n) is 9.68. The lowest BCUT2D eigenvalue weighted by Gasteiger charge is -2.08. The van der Waals surface area contributed by atoms with Crippen LogP contribution in [0, 0.1) is 11.6 Å². The SMILES string of the molecule is Cn1cc(Cl)cc1C(=O)Nc1cc(F)c(Br)cc1F. The number of hydrogen-bond acceptors (Lipinski definition) is 1. The summed E-state index contributed by atoms with van der Waals surface area (Å²) in [6, 6.07) is 3.29. The van der Waals surface area contributed by atoms with E-state index in [1.54, 1.807) is 7.05 Å². The molecule has 0 saturated heterocycles. The minimum Gasteiger partial charge on any atom is -0.345 e. The van der Waals surface area contributed by atoms with Crippen molar-refractivity contribution in [3.8, 4) is 0 Å². The first-order chi connectivity index (χ1) is 8.88. The average Bonchev–Trinajstić information content (AvgIpc) is 2.65. The summed E-state index contributed by atoms with van der Waals surface area (Å²) in [5, 5.41) is 2.68. The van der Waals surface area contributed by atoms with Crippen molar-refractivity contribution in [3.05, 3.63) is 51.2 Å². The van der Waals surface area contributed by atoms with Gasteiger partial charge in [-0.05, 0) is 28.1 Å². The van der Waals surface area contributed by atoms with Gasteiger partial charge in [0.1, 0.15) is 17.3 Å². The third-order valence-electron chi connectivity index (χ3n) is 2.46. The molecule has 0 aliphatic carbocycles. The van der Waals surface area contributed by atoms with Crippen LogP contribution in [-0.4, -0.2) is 10.5 Å². The lowest BCUT2D eigenvalue weighted by Crippen LogP contribution is -2.16. The van der Waals surface area contributed by atoms with Crippen molar-refractivity contribution in [2.24, 2.45) is 7.05 Å². The molecule has 0 atom stereocenters. The summed E-state index contributed by atoms with van der Waals surface area (Å²) in [4.78, 5) is 11.9. The van der Waals surface area contributed by atoms with Gasteiger partial charge in [-0.1, -0.05) is 11.6 Å². The largest absolute Gasteiger partial charge is 0.345 e. The summed E-state index contributed by atoms with van der Waals surface area (Å²) in [6.07, 6.45) is 1.54. The molecule has 2 aromatic rings. The Hall–Kier alpha value is -1.40. The Balaban J connectivity index is 2.29. The molecule has 0 radical (unpaired) electrons. The Labute approximate surface area is 121 Å². The van der Waals surface area contributed by atoms with E-state index in [0.717, 1.165) is 12.1 Å². The molecule has 1 N–H and O–H groups in total. The Morgan fingerprint density at radius 3 is 2.58 bits per heavy atom. The smallest absolute Gasteiger partial charge is 0.272 e. The minimum atomic E-state index is -0.734. The summed E-state index contributed by atoms with van der Waals surface area (Å²) >= 11 is 8.61. The van der Waals surface area contributed by atoms with E-state index in [2.05, 4.69) is 21.2 Å². The second-order valence-corrected chi connectivity index (χ2v) is 5.15. The van der Waals surface area contributed by atoms with Gasteiger partial charge in [0.15, 0.2) is 0 Å². The molecule has 0 bridgehead atoms. The van der Waals surface area contributed by atoms with Crippen molar-refractivity contribution in [1.82, 2.24) is 4.57 Å². The van der Waals surface area contributed by atoms with Crippen LogP contribution < -0.4 is 5.32 Å². The fourth-order valence-corrected chi connectivity index (χ4v) is 2.12. The summed E-state index contributed by atoms with van der Waals surface area (Å²) in [5.74, 6) is -1.97. The molecule has 0 saturated carbocycles. The predicted octanol–water partition coefficient (Wildman–Crippen LogP) is 3.97. The van der Waals surface area contributed by atoms with E-state index in [1.165, 1.54) is 16.8 Å². The standard InChI is InChI=1S/C12H8BrClF2N2O/c1-18-5-6(14)2-11(18)12(19)17-10-4-8(15)7(13)3-9(10)16/h2-5H,1H3,(H,17,19). The summed E-state index contributed by atoms with van der Waals surface area (Å²) in [5.41, 5.74) is 0.00995. The number of benzene rings is 1. The molecule has 1 heterocycles. The number of hydrogen-bond donors (Lipinski definition) is 1.